The highest BCUT2D eigenvalue weighted by atomic mass is 32.1. The van der Waals surface area contributed by atoms with E-state index in [1.165, 1.54) is 20.5 Å². The van der Waals surface area contributed by atoms with Crippen LogP contribution in [0.15, 0.2) is 45.3 Å². The van der Waals surface area contributed by atoms with Gasteiger partial charge in [0.25, 0.3) is 5.56 Å². The fraction of sp³-hybridized carbons (Fsp3) is 0.440. The summed E-state index contributed by atoms with van der Waals surface area (Å²) < 4.78 is 3.14. The molecule has 2 heterocycles. The molecule has 0 spiro atoms. The lowest BCUT2D eigenvalue weighted by Gasteiger charge is -2.27. The maximum atomic E-state index is 13.4. The second-order valence-corrected chi connectivity index (χ2v) is 9.73. The average Bonchev–Trinajstić information content (AvgIpc) is 3.35. The lowest BCUT2D eigenvalue weighted by Crippen LogP contribution is -2.43. The second kappa shape index (κ2) is 10.4. The van der Waals surface area contributed by atoms with Crippen LogP contribution in [0.5, 0.6) is 0 Å². The number of para-hydroxylation sites is 1. The molecule has 180 valence electrons. The van der Waals surface area contributed by atoms with Crippen molar-refractivity contribution < 1.29 is 9.59 Å². The maximum absolute atomic E-state index is 13.4. The van der Waals surface area contributed by atoms with E-state index in [9.17, 15) is 19.2 Å². The molecule has 3 aromatic rings. The first-order chi connectivity index (χ1) is 16.4. The van der Waals surface area contributed by atoms with E-state index >= 15 is 0 Å². The van der Waals surface area contributed by atoms with Crippen LogP contribution in [0.4, 0.5) is 5.69 Å². The zero-order chi connectivity index (χ0) is 24.2. The van der Waals surface area contributed by atoms with E-state index in [2.05, 4.69) is 10.6 Å². The number of nitrogens with zero attached hydrogens (tertiary/aromatic N) is 2. The first-order valence-electron chi connectivity index (χ1n) is 11.7. The molecule has 0 unspecified atom stereocenters. The first kappa shape index (κ1) is 23.9. The molecule has 2 aromatic heterocycles. The Morgan fingerprint density at radius 2 is 1.79 bits per heavy atom. The van der Waals surface area contributed by atoms with Crippen molar-refractivity contribution in [1.82, 2.24) is 14.5 Å². The summed E-state index contributed by atoms with van der Waals surface area (Å²) in [5.41, 5.74) is 1.45. The van der Waals surface area contributed by atoms with Crippen LogP contribution >= 0.6 is 11.3 Å². The predicted octanol–water partition coefficient (Wildman–Crippen LogP) is 2.98. The molecule has 0 aliphatic heterocycles. The van der Waals surface area contributed by atoms with Crippen LogP contribution in [-0.4, -0.2) is 28.0 Å². The van der Waals surface area contributed by atoms with Gasteiger partial charge >= 0.3 is 5.69 Å². The Bertz CT molecular complexity index is 1310. The lowest BCUT2D eigenvalue weighted by molar-refractivity contribution is -0.125. The van der Waals surface area contributed by atoms with Gasteiger partial charge < -0.3 is 10.6 Å². The number of rotatable bonds is 7. The van der Waals surface area contributed by atoms with Crippen molar-refractivity contribution in [1.29, 1.82) is 0 Å². The van der Waals surface area contributed by atoms with Gasteiger partial charge in [0.15, 0.2) is 0 Å². The van der Waals surface area contributed by atoms with E-state index in [0.717, 1.165) is 43.4 Å². The fourth-order valence-corrected chi connectivity index (χ4v) is 5.64. The Balaban J connectivity index is 1.58. The number of anilines is 1. The summed E-state index contributed by atoms with van der Waals surface area (Å²) in [5, 5.41) is 7.38. The van der Waals surface area contributed by atoms with Crippen molar-refractivity contribution in [3.63, 3.8) is 0 Å². The van der Waals surface area contributed by atoms with Gasteiger partial charge in [-0.3, -0.25) is 23.5 Å². The van der Waals surface area contributed by atoms with Gasteiger partial charge in [-0.15, -0.1) is 11.3 Å². The number of aryl methyl sites for hydroxylation is 1. The van der Waals surface area contributed by atoms with Gasteiger partial charge in [0.1, 0.15) is 11.2 Å². The minimum absolute atomic E-state index is 0.0101. The molecular weight excluding hydrogens is 452 g/mol. The van der Waals surface area contributed by atoms with E-state index < -0.39 is 5.69 Å². The van der Waals surface area contributed by atoms with Crippen molar-refractivity contribution in [2.75, 3.05) is 12.4 Å². The van der Waals surface area contributed by atoms with Gasteiger partial charge in [-0.25, -0.2) is 4.79 Å². The third-order valence-electron chi connectivity index (χ3n) is 6.72. The van der Waals surface area contributed by atoms with Crippen LogP contribution in [0, 0.1) is 11.8 Å². The van der Waals surface area contributed by atoms with Crippen molar-refractivity contribution in [2.45, 2.75) is 52.1 Å². The highest BCUT2D eigenvalue weighted by Gasteiger charge is 2.27. The summed E-state index contributed by atoms with van der Waals surface area (Å²) in [6.45, 7) is 2.14. The molecule has 9 heteroatoms. The van der Waals surface area contributed by atoms with Crippen LogP contribution in [0.1, 0.15) is 38.2 Å². The molecule has 0 bridgehead atoms. The van der Waals surface area contributed by atoms with Gasteiger partial charge in [-0.05, 0) is 61.1 Å². The van der Waals surface area contributed by atoms with Crippen molar-refractivity contribution in [3.8, 4) is 0 Å². The number of amides is 2. The Kier molecular flexibility index (Phi) is 7.31. The molecule has 1 aliphatic rings. The summed E-state index contributed by atoms with van der Waals surface area (Å²) in [6.07, 6.45) is 3.82. The highest BCUT2D eigenvalue weighted by molar-refractivity contribution is 7.17. The van der Waals surface area contributed by atoms with Crippen LogP contribution in [-0.2, 0) is 29.1 Å². The fourth-order valence-electron chi connectivity index (χ4n) is 4.80. The van der Waals surface area contributed by atoms with E-state index in [1.54, 1.807) is 18.5 Å². The normalized spacial score (nSPS) is 18.1. The third kappa shape index (κ3) is 4.84. The van der Waals surface area contributed by atoms with Gasteiger partial charge in [0, 0.05) is 25.2 Å². The van der Waals surface area contributed by atoms with Crippen molar-refractivity contribution >= 4 is 39.1 Å². The van der Waals surface area contributed by atoms with Crippen molar-refractivity contribution in [3.05, 3.63) is 62.1 Å². The molecule has 34 heavy (non-hydrogen) atoms. The standard InChI is InChI=1S/C25H30N4O4S/c1-3-17-6-4-5-7-19(17)27-21(30)15-28-20-12-13-34-22(20)24(32)29(25(28)33)14-16-8-10-18(11-9-16)23(31)26-2/h4-7,12-13,16,18H,3,8-11,14-15H2,1-2H3,(H,26,31)(H,27,30). The van der Waals surface area contributed by atoms with Crippen LogP contribution in [0.2, 0.25) is 0 Å². The molecule has 0 atom stereocenters. The maximum Gasteiger partial charge on any atom is 0.332 e. The van der Waals surface area contributed by atoms with Crippen LogP contribution < -0.4 is 21.9 Å². The Hall–Kier alpha value is -3.20. The summed E-state index contributed by atoms with van der Waals surface area (Å²) in [5.74, 6) is -0.132. The zero-order valence-electron chi connectivity index (χ0n) is 19.5. The van der Waals surface area contributed by atoms with Crippen molar-refractivity contribution in [2.24, 2.45) is 11.8 Å². The summed E-state index contributed by atoms with van der Waals surface area (Å²) in [4.78, 5) is 51.3. The molecule has 4 rings (SSSR count). The summed E-state index contributed by atoms with van der Waals surface area (Å²) >= 11 is 1.28. The number of carbonyl (C=O) groups is 2. The largest absolute Gasteiger partial charge is 0.359 e. The number of aromatic nitrogens is 2. The number of fused-ring (bicyclic) bond motifs is 1. The molecule has 2 N–H and O–H groups in total. The predicted molar refractivity (Wildman–Crippen MR) is 134 cm³/mol. The molecular formula is C25H30N4O4S. The topological polar surface area (TPSA) is 102 Å². The SMILES string of the molecule is CCc1ccccc1NC(=O)Cn1c(=O)n(CC2CCC(C(=O)NC)CC2)c(=O)c2sccc21. The van der Waals surface area contributed by atoms with Gasteiger partial charge in [0.05, 0.1) is 5.52 Å². The molecule has 8 nitrogen and oxygen atoms in total. The minimum atomic E-state index is -0.469. The van der Waals surface area contributed by atoms with Crippen LogP contribution in [0.3, 0.4) is 0 Å². The second-order valence-electron chi connectivity index (χ2n) is 8.81. The first-order valence-corrected chi connectivity index (χ1v) is 12.6. The quantitative estimate of drug-likeness (QED) is 0.540. The van der Waals surface area contributed by atoms with E-state index in [-0.39, 0.29) is 35.8 Å². The number of hydrogen-bond donors (Lipinski definition) is 2. The van der Waals surface area contributed by atoms with Crippen LogP contribution in [0.25, 0.3) is 10.2 Å². The summed E-state index contributed by atoms with van der Waals surface area (Å²) in [6, 6.07) is 9.30. The molecule has 1 fully saturated rings. The molecule has 2 amide bonds. The number of benzene rings is 1. The number of carbonyl (C=O) groups excluding carboxylic acids is 2. The van der Waals surface area contributed by atoms with Gasteiger partial charge in [-0.1, -0.05) is 25.1 Å². The summed E-state index contributed by atoms with van der Waals surface area (Å²) in [7, 11) is 1.64. The lowest BCUT2D eigenvalue weighted by atomic mass is 9.81. The Morgan fingerprint density at radius 3 is 2.50 bits per heavy atom. The third-order valence-corrected chi connectivity index (χ3v) is 7.61. The molecule has 0 radical (unpaired) electrons. The van der Waals surface area contributed by atoms with E-state index in [4.69, 9.17) is 0 Å². The molecule has 1 saturated carbocycles. The molecule has 1 aliphatic carbocycles. The smallest absolute Gasteiger partial charge is 0.332 e. The number of hydrogen-bond acceptors (Lipinski definition) is 5. The monoisotopic (exact) mass is 482 g/mol. The van der Waals surface area contributed by atoms with Gasteiger partial charge in [-0.2, -0.15) is 0 Å². The Morgan fingerprint density at radius 1 is 1.06 bits per heavy atom. The highest BCUT2D eigenvalue weighted by Crippen LogP contribution is 2.29. The number of nitrogens with one attached hydrogen (secondary N) is 2. The van der Waals surface area contributed by atoms with E-state index in [0.29, 0.717) is 16.8 Å². The van der Waals surface area contributed by atoms with Gasteiger partial charge in [0.2, 0.25) is 11.8 Å². The molecule has 0 saturated heterocycles. The average molecular weight is 483 g/mol. The zero-order valence-corrected chi connectivity index (χ0v) is 20.3. The Labute approximate surface area is 201 Å². The number of thiophene rings is 1. The minimum Gasteiger partial charge on any atom is -0.359 e. The molecule has 1 aromatic carbocycles. The van der Waals surface area contributed by atoms with E-state index in [1.807, 2.05) is 31.2 Å².